The van der Waals surface area contributed by atoms with Gasteiger partial charge in [-0.3, -0.25) is 4.98 Å². The van der Waals surface area contributed by atoms with Crippen molar-refractivity contribution in [2.45, 2.75) is 19.4 Å². The minimum atomic E-state index is -2.63. The zero-order valence-corrected chi connectivity index (χ0v) is 7.37. The lowest BCUT2D eigenvalue weighted by atomic mass is 10.0. The van der Waals surface area contributed by atoms with Gasteiger partial charge in [0.15, 0.2) is 0 Å². The number of nitrogens with two attached hydrogens (primary N) is 1. The van der Waals surface area contributed by atoms with E-state index in [-0.39, 0.29) is 24.2 Å². The summed E-state index contributed by atoms with van der Waals surface area (Å²) in [6.07, 6.45) is -1.29. The van der Waals surface area contributed by atoms with Gasteiger partial charge in [0.05, 0.1) is 18.2 Å². The summed E-state index contributed by atoms with van der Waals surface area (Å²) in [6.45, 7) is -0.0427. The van der Waals surface area contributed by atoms with E-state index in [1.807, 2.05) is 6.07 Å². The molecule has 0 bridgehead atoms. The van der Waals surface area contributed by atoms with E-state index in [9.17, 15) is 8.78 Å². The molecular formula is C9H9F2N3. The molecule has 0 spiro atoms. The van der Waals surface area contributed by atoms with Crippen LogP contribution in [0.3, 0.4) is 0 Å². The monoisotopic (exact) mass is 197 g/mol. The molecule has 5 heteroatoms. The third-order valence-corrected chi connectivity index (χ3v) is 1.84. The molecule has 2 N–H and O–H groups in total. The fourth-order valence-electron chi connectivity index (χ4n) is 1.23. The number of nitriles is 1. The molecule has 0 aliphatic carbocycles. The molecule has 0 fully saturated rings. The topological polar surface area (TPSA) is 62.7 Å². The Morgan fingerprint density at radius 2 is 2.29 bits per heavy atom. The van der Waals surface area contributed by atoms with Gasteiger partial charge >= 0.3 is 0 Å². The Morgan fingerprint density at radius 1 is 1.57 bits per heavy atom. The van der Waals surface area contributed by atoms with Crippen molar-refractivity contribution in [3.8, 4) is 6.07 Å². The Labute approximate surface area is 80.2 Å². The summed E-state index contributed by atoms with van der Waals surface area (Å²) in [7, 11) is 0. The molecule has 0 aliphatic rings. The minimum absolute atomic E-state index is 0.0427. The summed E-state index contributed by atoms with van der Waals surface area (Å²) in [4.78, 5) is 3.75. The second kappa shape index (κ2) is 4.63. The van der Waals surface area contributed by atoms with Gasteiger partial charge in [-0.2, -0.15) is 5.26 Å². The van der Waals surface area contributed by atoms with Crippen LogP contribution >= 0.6 is 0 Å². The van der Waals surface area contributed by atoms with Crippen LogP contribution in [0.2, 0.25) is 0 Å². The molecular weight excluding hydrogens is 188 g/mol. The minimum Gasteiger partial charge on any atom is -0.325 e. The summed E-state index contributed by atoms with van der Waals surface area (Å²) in [5.41, 5.74) is 5.54. The Bertz CT molecular complexity index is 358. The molecule has 1 aromatic rings. The third-order valence-electron chi connectivity index (χ3n) is 1.84. The maximum absolute atomic E-state index is 12.6. The van der Waals surface area contributed by atoms with E-state index in [1.165, 1.54) is 12.3 Å². The average Bonchev–Trinajstić information content (AvgIpc) is 2.17. The normalized spacial score (nSPS) is 10.2. The van der Waals surface area contributed by atoms with Crippen LogP contribution < -0.4 is 5.73 Å². The summed E-state index contributed by atoms with van der Waals surface area (Å²) >= 11 is 0. The van der Waals surface area contributed by atoms with Crippen molar-refractivity contribution in [1.82, 2.24) is 4.98 Å². The lowest BCUT2D eigenvalue weighted by Gasteiger charge is -2.09. The number of hydrogen-bond donors (Lipinski definition) is 1. The highest BCUT2D eigenvalue weighted by Crippen LogP contribution is 2.25. The Kier molecular flexibility index (Phi) is 3.48. The molecule has 14 heavy (non-hydrogen) atoms. The first-order valence-electron chi connectivity index (χ1n) is 4.02. The molecule has 1 rings (SSSR count). The van der Waals surface area contributed by atoms with Crippen molar-refractivity contribution >= 4 is 0 Å². The molecule has 1 heterocycles. The molecule has 0 saturated heterocycles. The number of aromatic nitrogens is 1. The quantitative estimate of drug-likeness (QED) is 0.799. The summed E-state index contributed by atoms with van der Waals surface area (Å²) in [5, 5.41) is 8.44. The zero-order chi connectivity index (χ0) is 10.6. The molecule has 0 unspecified atom stereocenters. The van der Waals surface area contributed by atoms with Gasteiger partial charge < -0.3 is 5.73 Å². The average molecular weight is 197 g/mol. The van der Waals surface area contributed by atoms with E-state index in [0.29, 0.717) is 5.56 Å². The first-order valence-corrected chi connectivity index (χ1v) is 4.02. The number of hydrogen-bond acceptors (Lipinski definition) is 3. The number of rotatable bonds is 3. The molecule has 0 aromatic carbocycles. The first-order chi connectivity index (χ1) is 6.70. The van der Waals surface area contributed by atoms with Crippen LogP contribution in [0.5, 0.6) is 0 Å². The molecule has 0 amide bonds. The predicted octanol–water partition coefficient (Wildman–Crippen LogP) is 1.54. The van der Waals surface area contributed by atoms with Gasteiger partial charge in [0.1, 0.15) is 0 Å². The van der Waals surface area contributed by atoms with Crippen LogP contribution in [-0.2, 0) is 13.0 Å². The maximum Gasteiger partial charge on any atom is 0.265 e. The Hall–Kier alpha value is -1.54. The van der Waals surface area contributed by atoms with Gasteiger partial charge in [-0.25, -0.2) is 8.78 Å². The fraction of sp³-hybridized carbons (Fsp3) is 0.333. The van der Waals surface area contributed by atoms with E-state index >= 15 is 0 Å². The number of alkyl halides is 2. The van der Waals surface area contributed by atoms with E-state index < -0.39 is 6.43 Å². The van der Waals surface area contributed by atoms with E-state index in [4.69, 9.17) is 11.0 Å². The Morgan fingerprint density at radius 3 is 2.79 bits per heavy atom. The molecule has 0 atom stereocenters. The van der Waals surface area contributed by atoms with Crippen LogP contribution in [0.4, 0.5) is 8.78 Å². The highest BCUT2D eigenvalue weighted by atomic mass is 19.3. The smallest absolute Gasteiger partial charge is 0.265 e. The van der Waals surface area contributed by atoms with Crippen molar-refractivity contribution in [3.63, 3.8) is 0 Å². The van der Waals surface area contributed by atoms with Gasteiger partial charge in [-0.1, -0.05) is 0 Å². The lowest BCUT2D eigenvalue weighted by molar-refractivity contribution is 0.148. The van der Waals surface area contributed by atoms with Crippen LogP contribution in [0, 0.1) is 11.3 Å². The van der Waals surface area contributed by atoms with Crippen LogP contribution in [0.1, 0.15) is 23.2 Å². The highest BCUT2D eigenvalue weighted by Gasteiger charge is 2.17. The van der Waals surface area contributed by atoms with Crippen LogP contribution in [0.15, 0.2) is 12.3 Å². The number of halogens is 2. The molecule has 74 valence electrons. The first kappa shape index (κ1) is 10.5. The number of nitrogens with zero attached hydrogens (tertiary/aromatic N) is 2. The van der Waals surface area contributed by atoms with E-state index in [0.717, 1.165) is 0 Å². The summed E-state index contributed by atoms with van der Waals surface area (Å²) in [6, 6.07) is 3.25. The van der Waals surface area contributed by atoms with Crippen molar-refractivity contribution in [2.24, 2.45) is 5.73 Å². The van der Waals surface area contributed by atoms with Gasteiger partial charge in [-0.05, 0) is 11.6 Å². The predicted molar refractivity (Wildman–Crippen MR) is 46.4 cm³/mol. The van der Waals surface area contributed by atoms with Crippen molar-refractivity contribution in [2.75, 3.05) is 0 Å². The highest BCUT2D eigenvalue weighted by molar-refractivity contribution is 5.33. The summed E-state index contributed by atoms with van der Waals surface area (Å²) < 4.78 is 25.2. The fourth-order valence-corrected chi connectivity index (χ4v) is 1.23. The molecule has 0 aliphatic heterocycles. The molecule has 0 radical (unpaired) electrons. The maximum atomic E-state index is 12.6. The van der Waals surface area contributed by atoms with Gasteiger partial charge in [0.25, 0.3) is 6.43 Å². The van der Waals surface area contributed by atoms with E-state index in [1.54, 1.807) is 0 Å². The van der Waals surface area contributed by atoms with Crippen molar-refractivity contribution in [1.29, 1.82) is 5.26 Å². The van der Waals surface area contributed by atoms with Crippen LogP contribution in [-0.4, -0.2) is 4.98 Å². The largest absolute Gasteiger partial charge is 0.325 e. The molecule has 1 aromatic heterocycles. The SMILES string of the molecule is N#CCc1ccnc(CN)c1C(F)F. The number of pyridine rings is 1. The second-order valence-electron chi connectivity index (χ2n) is 2.67. The molecule has 0 saturated carbocycles. The van der Waals surface area contributed by atoms with Gasteiger partial charge in [0, 0.05) is 18.3 Å². The van der Waals surface area contributed by atoms with Crippen molar-refractivity contribution in [3.05, 3.63) is 29.1 Å². The van der Waals surface area contributed by atoms with Gasteiger partial charge in [0.2, 0.25) is 0 Å². The van der Waals surface area contributed by atoms with Crippen LogP contribution in [0.25, 0.3) is 0 Å². The Balaban J connectivity index is 3.22. The standard InChI is InChI=1S/C9H9F2N3/c10-9(11)8-6(1-3-12)2-4-14-7(8)5-13/h2,4,9H,1,5,13H2. The summed E-state index contributed by atoms with van der Waals surface area (Å²) in [5.74, 6) is 0. The van der Waals surface area contributed by atoms with E-state index in [2.05, 4.69) is 4.98 Å². The third kappa shape index (κ3) is 2.03. The second-order valence-corrected chi connectivity index (χ2v) is 2.67. The zero-order valence-electron chi connectivity index (χ0n) is 7.37. The van der Waals surface area contributed by atoms with Gasteiger partial charge in [-0.15, -0.1) is 0 Å². The lowest BCUT2D eigenvalue weighted by Crippen LogP contribution is -2.07. The molecule has 3 nitrogen and oxygen atoms in total. The van der Waals surface area contributed by atoms with Crippen molar-refractivity contribution < 1.29 is 8.78 Å².